The fourth-order valence-corrected chi connectivity index (χ4v) is 2.25. The minimum atomic E-state index is -0.00691. The highest BCUT2D eigenvalue weighted by molar-refractivity contribution is 9.10. The van der Waals surface area contributed by atoms with Crippen molar-refractivity contribution >= 4 is 33.4 Å². The Kier molecular flexibility index (Phi) is 4.86. The molecular weight excluding hydrogens is 320 g/mol. The molecule has 1 aliphatic rings. The molecule has 0 bridgehead atoms. The number of nitrogens with one attached hydrogen (secondary N) is 1. The molecule has 1 amide bonds. The molecule has 0 saturated carbocycles. The number of piperazine rings is 1. The summed E-state index contributed by atoms with van der Waals surface area (Å²) in [6.07, 6.45) is 0. The predicted octanol–water partition coefficient (Wildman–Crippen LogP) is 1.91. The molecule has 1 N–H and O–H groups in total. The summed E-state index contributed by atoms with van der Waals surface area (Å²) in [5.41, 5.74) is 0. The van der Waals surface area contributed by atoms with Crippen LogP contribution < -0.4 is 10.1 Å². The minimum absolute atomic E-state index is 0.00691. The molecule has 4 nitrogen and oxygen atoms in total. The van der Waals surface area contributed by atoms with Gasteiger partial charge in [0.2, 0.25) is 0 Å². The molecule has 0 radical (unpaired) electrons. The van der Waals surface area contributed by atoms with Gasteiger partial charge in [0, 0.05) is 30.7 Å². The molecule has 1 aliphatic heterocycles. The highest BCUT2D eigenvalue weighted by Crippen LogP contribution is 2.27. The molecule has 1 heterocycles. The molecule has 2 rings (SSSR count). The van der Waals surface area contributed by atoms with E-state index < -0.39 is 0 Å². The van der Waals surface area contributed by atoms with Gasteiger partial charge in [-0.2, -0.15) is 0 Å². The SMILES string of the molecule is O=C(COc1cc(Br)ccc1Cl)N1CCNCC1. The summed E-state index contributed by atoms with van der Waals surface area (Å²) in [5.74, 6) is 0.516. The van der Waals surface area contributed by atoms with E-state index in [0.29, 0.717) is 10.8 Å². The number of halogens is 2. The van der Waals surface area contributed by atoms with Crippen LogP contribution in [-0.2, 0) is 4.79 Å². The lowest BCUT2D eigenvalue weighted by molar-refractivity contribution is -0.133. The summed E-state index contributed by atoms with van der Waals surface area (Å²) in [7, 11) is 0. The van der Waals surface area contributed by atoms with Crippen LogP contribution in [0.1, 0.15) is 0 Å². The lowest BCUT2D eigenvalue weighted by Gasteiger charge is -2.27. The topological polar surface area (TPSA) is 41.6 Å². The summed E-state index contributed by atoms with van der Waals surface area (Å²) in [6, 6.07) is 5.32. The zero-order chi connectivity index (χ0) is 13.0. The van der Waals surface area contributed by atoms with E-state index >= 15 is 0 Å². The molecule has 18 heavy (non-hydrogen) atoms. The third kappa shape index (κ3) is 3.60. The van der Waals surface area contributed by atoms with Gasteiger partial charge in [0.25, 0.3) is 5.91 Å². The van der Waals surface area contributed by atoms with E-state index in [1.807, 2.05) is 6.07 Å². The lowest BCUT2D eigenvalue weighted by Crippen LogP contribution is -2.47. The van der Waals surface area contributed by atoms with Gasteiger partial charge in [0.05, 0.1) is 5.02 Å². The van der Waals surface area contributed by atoms with E-state index in [9.17, 15) is 4.79 Å². The predicted molar refractivity (Wildman–Crippen MR) is 74.1 cm³/mol. The molecule has 0 unspecified atom stereocenters. The first-order chi connectivity index (χ1) is 8.66. The average Bonchev–Trinajstić information content (AvgIpc) is 2.40. The Bertz CT molecular complexity index is 436. The second-order valence-electron chi connectivity index (χ2n) is 3.99. The first-order valence-electron chi connectivity index (χ1n) is 5.73. The number of hydrogen-bond acceptors (Lipinski definition) is 3. The Morgan fingerprint density at radius 3 is 2.89 bits per heavy atom. The van der Waals surface area contributed by atoms with Gasteiger partial charge in [-0.25, -0.2) is 0 Å². The van der Waals surface area contributed by atoms with Gasteiger partial charge in [-0.3, -0.25) is 4.79 Å². The number of rotatable bonds is 3. The fraction of sp³-hybridized carbons (Fsp3) is 0.417. The zero-order valence-electron chi connectivity index (χ0n) is 9.79. The van der Waals surface area contributed by atoms with Crippen LogP contribution in [0.15, 0.2) is 22.7 Å². The molecule has 0 aromatic heterocycles. The van der Waals surface area contributed by atoms with Gasteiger partial charge in [0.15, 0.2) is 6.61 Å². The quantitative estimate of drug-likeness (QED) is 0.919. The van der Waals surface area contributed by atoms with Gasteiger partial charge < -0.3 is 15.0 Å². The molecule has 1 aromatic rings. The lowest BCUT2D eigenvalue weighted by atomic mass is 10.3. The highest BCUT2D eigenvalue weighted by atomic mass is 79.9. The largest absolute Gasteiger partial charge is 0.482 e. The van der Waals surface area contributed by atoms with E-state index in [-0.39, 0.29) is 12.5 Å². The second-order valence-corrected chi connectivity index (χ2v) is 5.32. The van der Waals surface area contributed by atoms with Crippen LogP contribution in [0.3, 0.4) is 0 Å². The summed E-state index contributed by atoms with van der Waals surface area (Å²) in [4.78, 5) is 13.7. The normalized spacial score (nSPS) is 15.6. The first kappa shape index (κ1) is 13.6. The summed E-state index contributed by atoms with van der Waals surface area (Å²) in [6.45, 7) is 3.16. The van der Waals surface area contributed by atoms with Gasteiger partial charge in [0.1, 0.15) is 5.75 Å². The fourth-order valence-electron chi connectivity index (χ4n) is 1.73. The maximum Gasteiger partial charge on any atom is 0.260 e. The van der Waals surface area contributed by atoms with E-state index in [2.05, 4.69) is 21.2 Å². The third-order valence-corrected chi connectivity index (χ3v) is 3.52. The number of benzene rings is 1. The molecule has 0 spiro atoms. The van der Waals surface area contributed by atoms with Gasteiger partial charge in [-0.15, -0.1) is 0 Å². The summed E-state index contributed by atoms with van der Waals surface area (Å²) in [5, 5.41) is 3.70. The van der Waals surface area contributed by atoms with Crippen LogP contribution in [-0.4, -0.2) is 43.6 Å². The Morgan fingerprint density at radius 2 is 2.17 bits per heavy atom. The van der Waals surface area contributed by atoms with E-state index in [1.54, 1.807) is 17.0 Å². The first-order valence-corrected chi connectivity index (χ1v) is 6.90. The molecule has 1 fully saturated rings. The van der Waals surface area contributed by atoms with Gasteiger partial charge >= 0.3 is 0 Å². The monoisotopic (exact) mass is 332 g/mol. The standard InChI is InChI=1S/C12H14BrClN2O2/c13-9-1-2-10(14)11(7-9)18-8-12(17)16-5-3-15-4-6-16/h1-2,7,15H,3-6,8H2. The van der Waals surface area contributed by atoms with Crippen molar-refractivity contribution in [1.82, 2.24) is 10.2 Å². The molecule has 1 aromatic carbocycles. The van der Waals surface area contributed by atoms with Crippen LogP contribution in [0.4, 0.5) is 0 Å². The van der Waals surface area contributed by atoms with Crippen LogP contribution in [0, 0.1) is 0 Å². The smallest absolute Gasteiger partial charge is 0.260 e. The highest BCUT2D eigenvalue weighted by Gasteiger charge is 2.16. The van der Waals surface area contributed by atoms with Crippen molar-refractivity contribution in [2.75, 3.05) is 32.8 Å². The minimum Gasteiger partial charge on any atom is -0.482 e. The van der Waals surface area contributed by atoms with Crippen LogP contribution in [0.5, 0.6) is 5.75 Å². The van der Waals surface area contributed by atoms with Crippen LogP contribution >= 0.6 is 27.5 Å². The van der Waals surface area contributed by atoms with E-state index in [0.717, 1.165) is 30.7 Å². The van der Waals surface area contributed by atoms with Crippen molar-refractivity contribution in [2.45, 2.75) is 0 Å². The Labute approximate surface area is 119 Å². The number of ether oxygens (including phenoxy) is 1. The number of amides is 1. The van der Waals surface area contributed by atoms with Gasteiger partial charge in [-0.05, 0) is 18.2 Å². The Balaban J connectivity index is 1.90. The Morgan fingerprint density at radius 1 is 1.44 bits per heavy atom. The van der Waals surface area contributed by atoms with Crippen molar-refractivity contribution in [3.63, 3.8) is 0 Å². The van der Waals surface area contributed by atoms with E-state index in [1.165, 1.54) is 0 Å². The van der Waals surface area contributed by atoms with E-state index in [4.69, 9.17) is 16.3 Å². The third-order valence-electron chi connectivity index (χ3n) is 2.71. The molecular formula is C12H14BrClN2O2. The number of carbonyl (C=O) groups excluding carboxylic acids is 1. The molecule has 1 saturated heterocycles. The van der Waals surface area contributed by atoms with Crippen molar-refractivity contribution in [1.29, 1.82) is 0 Å². The van der Waals surface area contributed by atoms with Crippen LogP contribution in [0.25, 0.3) is 0 Å². The molecule has 6 heteroatoms. The molecule has 0 atom stereocenters. The number of hydrogen-bond donors (Lipinski definition) is 1. The van der Waals surface area contributed by atoms with Crippen molar-refractivity contribution < 1.29 is 9.53 Å². The molecule has 0 aliphatic carbocycles. The van der Waals surface area contributed by atoms with Crippen molar-refractivity contribution in [3.8, 4) is 5.75 Å². The summed E-state index contributed by atoms with van der Waals surface area (Å²) < 4.78 is 6.33. The second kappa shape index (κ2) is 6.41. The number of carbonyl (C=O) groups is 1. The van der Waals surface area contributed by atoms with Crippen molar-refractivity contribution in [3.05, 3.63) is 27.7 Å². The zero-order valence-corrected chi connectivity index (χ0v) is 12.1. The maximum absolute atomic E-state index is 11.9. The van der Waals surface area contributed by atoms with Crippen molar-refractivity contribution in [2.24, 2.45) is 0 Å². The maximum atomic E-state index is 11.9. The molecule has 98 valence electrons. The van der Waals surface area contributed by atoms with Gasteiger partial charge in [-0.1, -0.05) is 27.5 Å². The average molecular weight is 334 g/mol. The summed E-state index contributed by atoms with van der Waals surface area (Å²) >= 11 is 9.32. The van der Waals surface area contributed by atoms with Crippen LogP contribution in [0.2, 0.25) is 5.02 Å². The Hall–Kier alpha value is -0.780. The number of nitrogens with zero attached hydrogens (tertiary/aromatic N) is 1.